The van der Waals surface area contributed by atoms with Crippen LogP contribution < -0.4 is 5.32 Å². The lowest BCUT2D eigenvalue weighted by atomic mass is 9.94. The van der Waals surface area contributed by atoms with Gasteiger partial charge < -0.3 is 10.1 Å². The van der Waals surface area contributed by atoms with E-state index in [0.717, 1.165) is 37.2 Å². The number of rotatable bonds is 5. The van der Waals surface area contributed by atoms with Crippen molar-refractivity contribution in [1.82, 2.24) is 10.2 Å². The predicted molar refractivity (Wildman–Crippen MR) is 99.6 cm³/mol. The zero-order chi connectivity index (χ0) is 18.5. The van der Waals surface area contributed by atoms with Crippen LogP contribution in [0.1, 0.15) is 39.5 Å². The van der Waals surface area contributed by atoms with Gasteiger partial charge in [-0.3, -0.25) is 9.69 Å². The van der Waals surface area contributed by atoms with E-state index < -0.39 is 0 Å². The van der Waals surface area contributed by atoms with Crippen LogP contribution in [0.15, 0.2) is 42.5 Å². The summed E-state index contributed by atoms with van der Waals surface area (Å²) >= 11 is 0. The molecule has 0 bridgehead atoms. The number of hydrogen-bond donors (Lipinski definition) is 1. The molecule has 0 saturated carbocycles. The van der Waals surface area contributed by atoms with Crippen molar-refractivity contribution >= 4 is 11.9 Å². The summed E-state index contributed by atoms with van der Waals surface area (Å²) in [6.07, 6.45) is 0.848. The molecule has 1 amide bonds. The number of carbonyl (C=O) groups excluding carboxylic acids is 2. The third-order valence-electron chi connectivity index (χ3n) is 4.72. The van der Waals surface area contributed by atoms with Crippen molar-refractivity contribution in [2.45, 2.75) is 33.0 Å². The van der Waals surface area contributed by atoms with Gasteiger partial charge in [-0.1, -0.05) is 36.4 Å². The Hall–Kier alpha value is -2.66. The van der Waals surface area contributed by atoms with E-state index >= 15 is 0 Å². The molecule has 0 radical (unpaired) electrons. The van der Waals surface area contributed by atoms with Gasteiger partial charge in [-0.05, 0) is 34.7 Å². The van der Waals surface area contributed by atoms with Gasteiger partial charge in [0.1, 0.15) is 0 Å². The first-order chi connectivity index (χ1) is 12.6. The Morgan fingerprint density at radius 1 is 1.12 bits per heavy atom. The molecular formula is C21H24N2O3. The minimum absolute atomic E-state index is 0.0209. The van der Waals surface area contributed by atoms with E-state index in [1.807, 2.05) is 12.1 Å². The summed E-state index contributed by atoms with van der Waals surface area (Å²) in [5.41, 5.74) is 5.33. The molecule has 0 saturated heterocycles. The quantitative estimate of drug-likeness (QED) is 0.841. The lowest BCUT2D eigenvalue weighted by molar-refractivity contribution is -0.119. The lowest BCUT2D eigenvalue weighted by Gasteiger charge is -2.29. The first-order valence-corrected chi connectivity index (χ1v) is 8.80. The highest BCUT2D eigenvalue weighted by atomic mass is 16.5. The first-order valence-electron chi connectivity index (χ1n) is 8.80. The number of amides is 1. The molecule has 3 rings (SSSR count). The maximum atomic E-state index is 11.9. The van der Waals surface area contributed by atoms with Crippen molar-refractivity contribution in [3.05, 3.63) is 70.3 Å². The Kier molecular flexibility index (Phi) is 5.68. The molecule has 0 aliphatic carbocycles. The van der Waals surface area contributed by atoms with Crippen LogP contribution in [0, 0.1) is 0 Å². The molecule has 0 aromatic heterocycles. The number of carbonyl (C=O) groups is 2. The van der Waals surface area contributed by atoms with Crippen molar-refractivity contribution in [2.24, 2.45) is 0 Å². The van der Waals surface area contributed by atoms with Crippen LogP contribution in [-0.4, -0.2) is 30.4 Å². The molecule has 1 aliphatic heterocycles. The van der Waals surface area contributed by atoms with E-state index in [1.165, 1.54) is 25.2 Å². The Balaban J connectivity index is 1.64. The predicted octanol–water partition coefficient (Wildman–Crippen LogP) is 2.67. The molecule has 2 aromatic carbocycles. The average Bonchev–Trinajstić information content (AvgIpc) is 2.66. The van der Waals surface area contributed by atoms with Crippen LogP contribution in [0.5, 0.6) is 0 Å². The van der Waals surface area contributed by atoms with E-state index in [0.29, 0.717) is 12.1 Å². The van der Waals surface area contributed by atoms with E-state index in [-0.39, 0.29) is 11.9 Å². The number of methoxy groups -OCH3 is 1. The van der Waals surface area contributed by atoms with E-state index in [9.17, 15) is 9.59 Å². The first kappa shape index (κ1) is 18.1. The Morgan fingerprint density at radius 2 is 1.85 bits per heavy atom. The Morgan fingerprint density at radius 3 is 2.54 bits per heavy atom. The van der Waals surface area contributed by atoms with Crippen molar-refractivity contribution in [2.75, 3.05) is 13.7 Å². The van der Waals surface area contributed by atoms with Gasteiger partial charge in [0.15, 0.2) is 0 Å². The topological polar surface area (TPSA) is 58.6 Å². The summed E-state index contributed by atoms with van der Waals surface area (Å²) in [7, 11) is 1.42. The third kappa shape index (κ3) is 4.29. The second-order valence-electron chi connectivity index (χ2n) is 6.62. The van der Waals surface area contributed by atoms with Crippen molar-refractivity contribution in [3.63, 3.8) is 0 Å². The Labute approximate surface area is 154 Å². The van der Waals surface area contributed by atoms with Gasteiger partial charge in [0.25, 0.3) is 0 Å². The number of fused-ring (bicyclic) bond motifs is 1. The van der Waals surface area contributed by atoms with E-state index in [1.54, 1.807) is 0 Å². The number of hydrogen-bond acceptors (Lipinski definition) is 4. The van der Waals surface area contributed by atoms with Crippen LogP contribution in [0.4, 0.5) is 0 Å². The second-order valence-corrected chi connectivity index (χ2v) is 6.62. The molecule has 1 N–H and O–H groups in total. The highest BCUT2D eigenvalue weighted by molar-refractivity contribution is 5.91. The molecule has 0 spiro atoms. The molecule has 5 heteroatoms. The molecule has 0 fully saturated rings. The number of benzene rings is 2. The fourth-order valence-electron chi connectivity index (χ4n) is 3.35. The van der Waals surface area contributed by atoms with Gasteiger partial charge in [0.2, 0.25) is 5.91 Å². The summed E-state index contributed by atoms with van der Waals surface area (Å²) in [5, 5.41) is 2.81. The molecule has 0 atom stereocenters. The largest absolute Gasteiger partial charge is 0.465 e. The highest BCUT2D eigenvalue weighted by Gasteiger charge is 2.21. The van der Waals surface area contributed by atoms with Gasteiger partial charge >= 0.3 is 5.97 Å². The van der Waals surface area contributed by atoms with Crippen LogP contribution >= 0.6 is 0 Å². The summed E-state index contributed by atoms with van der Waals surface area (Å²) in [6.45, 7) is 4.68. The molecule has 2 aromatic rings. The number of esters is 1. The van der Waals surface area contributed by atoms with E-state index in [2.05, 4.69) is 40.5 Å². The number of ether oxygens (including phenoxy) is 1. The van der Waals surface area contributed by atoms with Crippen molar-refractivity contribution in [3.8, 4) is 0 Å². The normalized spacial score (nSPS) is 13.8. The zero-order valence-corrected chi connectivity index (χ0v) is 15.2. The monoisotopic (exact) mass is 352 g/mol. The highest BCUT2D eigenvalue weighted by Crippen LogP contribution is 2.24. The summed E-state index contributed by atoms with van der Waals surface area (Å²) in [4.78, 5) is 25.3. The van der Waals surface area contributed by atoms with Crippen LogP contribution in [-0.2, 0) is 35.6 Å². The maximum Gasteiger partial charge on any atom is 0.338 e. The van der Waals surface area contributed by atoms with Crippen LogP contribution in [0.2, 0.25) is 0 Å². The number of nitrogens with one attached hydrogen (secondary N) is 1. The summed E-state index contributed by atoms with van der Waals surface area (Å²) < 4.78 is 4.89. The van der Waals surface area contributed by atoms with Gasteiger partial charge in [-0.15, -0.1) is 0 Å². The number of nitrogens with zero attached hydrogens (tertiary/aromatic N) is 1. The smallest absolute Gasteiger partial charge is 0.338 e. The third-order valence-corrected chi connectivity index (χ3v) is 4.72. The minimum atomic E-state index is -0.259. The standard InChI is InChI=1S/C21H24N2O3/c1-15(24)22-12-16-6-8-17(9-7-16)13-23-11-10-19-18(14-23)4-3-5-20(19)21(25)26-2/h3-9H,10-14H2,1-2H3,(H,22,24). The zero-order valence-electron chi connectivity index (χ0n) is 15.2. The van der Waals surface area contributed by atoms with Gasteiger partial charge in [0.05, 0.1) is 12.7 Å². The van der Waals surface area contributed by atoms with Gasteiger partial charge in [-0.2, -0.15) is 0 Å². The molecule has 1 aliphatic rings. The SMILES string of the molecule is COC(=O)c1cccc2c1CCN(Cc1ccc(CNC(C)=O)cc1)C2. The van der Waals surface area contributed by atoms with Crippen molar-refractivity contribution < 1.29 is 14.3 Å². The molecular weight excluding hydrogens is 328 g/mol. The fraction of sp³-hybridized carbons (Fsp3) is 0.333. The minimum Gasteiger partial charge on any atom is -0.465 e. The van der Waals surface area contributed by atoms with Crippen molar-refractivity contribution in [1.29, 1.82) is 0 Å². The molecule has 136 valence electrons. The van der Waals surface area contributed by atoms with Crippen LogP contribution in [0.3, 0.4) is 0 Å². The fourth-order valence-corrected chi connectivity index (χ4v) is 3.35. The van der Waals surface area contributed by atoms with Gasteiger partial charge in [0, 0.05) is 33.1 Å². The second kappa shape index (κ2) is 8.15. The maximum absolute atomic E-state index is 11.9. The summed E-state index contributed by atoms with van der Waals surface area (Å²) in [5.74, 6) is -0.280. The lowest BCUT2D eigenvalue weighted by Crippen LogP contribution is -2.31. The molecule has 1 heterocycles. The van der Waals surface area contributed by atoms with Gasteiger partial charge in [-0.25, -0.2) is 4.79 Å². The molecule has 5 nitrogen and oxygen atoms in total. The average molecular weight is 352 g/mol. The van der Waals surface area contributed by atoms with E-state index in [4.69, 9.17) is 4.74 Å². The molecule has 0 unspecified atom stereocenters. The summed E-state index contributed by atoms with van der Waals surface area (Å²) in [6, 6.07) is 14.2. The molecule has 26 heavy (non-hydrogen) atoms. The van der Waals surface area contributed by atoms with Crippen LogP contribution in [0.25, 0.3) is 0 Å². The Bertz CT molecular complexity index is 799.